The predicted molar refractivity (Wildman–Crippen MR) is 69.5 cm³/mol. The number of nitrogens with one attached hydrogen (secondary N) is 1. The fourth-order valence-corrected chi connectivity index (χ4v) is 4.84. The lowest BCUT2D eigenvalue weighted by atomic mass is 10.3. The van der Waals surface area contributed by atoms with E-state index in [2.05, 4.69) is 5.32 Å². The summed E-state index contributed by atoms with van der Waals surface area (Å²) in [5.41, 5.74) is 0. The van der Waals surface area contributed by atoms with E-state index in [9.17, 15) is 8.42 Å². The Balaban J connectivity index is 2.31. The predicted octanol–water partition coefficient (Wildman–Crippen LogP) is 2.52. The van der Waals surface area contributed by atoms with E-state index < -0.39 is 9.84 Å². The fraction of sp³-hybridized carbons (Fsp3) is 0.455. The van der Waals surface area contributed by atoms with Gasteiger partial charge in [-0.05, 0) is 31.5 Å². The summed E-state index contributed by atoms with van der Waals surface area (Å²) in [5, 5.41) is 3.54. The van der Waals surface area contributed by atoms with Crippen LogP contribution in [0.1, 0.15) is 12.8 Å². The summed E-state index contributed by atoms with van der Waals surface area (Å²) in [7, 11) is -3.43. The molecule has 0 aromatic heterocycles. The van der Waals surface area contributed by atoms with Crippen molar-refractivity contribution >= 4 is 33.0 Å². The third-order valence-electron chi connectivity index (χ3n) is 2.81. The van der Waals surface area contributed by atoms with Crippen LogP contribution in [0.2, 0.25) is 10.0 Å². The van der Waals surface area contributed by atoms with Gasteiger partial charge in [0.05, 0.1) is 15.8 Å². The summed E-state index contributed by atoms with van der Waals surface area (Å²) in [4.78, 5) is 0.0528. The van der Waals surface area contributed by atoms with Crippen LogP contribution in [0.3, 0.4) is 0 Å². The Bertz CT molecular complexity index is 490. The van der Waals surface area contributed by atoms with E-state index in [0.29, 0.717) is 0 Å². The van der Waals surface area contributed by atoms with Crippen LogP contribution in [0.4, 0.5) is 0 Å². The highest BCUT2D eigenvalue weighted by Crippen LogP contribution is 2.30. The van der Waals surface area contributed by atoms with Gasteiger partial charge in [-0.1, -0.05) is 29.3 Å². The number of halogens is 2. The first-order chi connectivity index (χ1) is 8.00. The lowest BCUT2D eigenvalue weighted by molar-refractivity contribution is 0.577. The molecule has 1 atom stereocenters. The summed E-state index contributed by atoms with van der Waals surface area (Å²) in [6, 6.07) is 4.73. The fourth-order valence-electron chi connectivity index (χ4n) is 2.03. The largest absolute Gasteiger partial charge is 0.313 e. The van der Waals surface area contributed by atoms with Crippen LogP contribution < -0.4 is 5.32 Å². The molecule has 0 amide bonds. The minimum Gasteiger partial charge on any atom is -0.313 e. The molecule has 0 bridgehead atoms. The molecule has 1 unspecified atom stereocenters. The molecule has 1 aliphatic heterocycles. The first-order valence-electron chi connectivity index (χ1n) is 5.41. The number of sulfone groups is 1. The summed E-state index contributed by atoms with van der Waals surface area (Å²) in [5.74, 6) is 0.0520. The molecule has 1 heterocycles. The summed E-state index contributed by atoms with van der Waals surface area (Å²) in [6.07, 6.45) is 1.89. The monoisotopic (exact) mass is 293 g/mol. The van der Waals surface area contributed by atoms with Crippen molar-refractivity contribution in [2.45, 2.75) is 23.8 Å². The second kappa shape index (κ2) is 5.14. The Labute approximate surface area is 111 Å². The topological polar surface area (TPSA) is 46.2 Å². The van der Waals surface area contributed by atoms with Gasteiger partial charge in [-0.3, -0.25) is 0 Å². The van der Waals surface area contributed by atoms with Gasteiger partial charge in [0.15, 0.2) is 9.84 Å². The average Bonchev–Trinajstić information content (AvgIpc) is 2.68. The van der Waals surface area contributed by atoms with Gasteiger partial charge < -0.3 is 5.32 Å². The van der Waals surface area contributed by atoms with Crippen LogP contribution in [-0.4, -0.2) is 26.8 Å². The number of hydrogen-bond acceptors (Lipinski definition) is 3. The van der Waals surface area contributed by atoms with Crippen LogP contribution in [0.15, 0.2) is 23.1 Å². The molecule has 1 saturated heterocycles. The average molecular weight is 294 g/mol. The number of rotatable bonds is 3. The van der Waals surface area contributed by atoms with E-state index in [1.165, 1.54) is 0 Å². The molecular formula is C11H13Cl2NO2S. The minimum atomic E-state index is -3.43. The second-order valence-corrected chi connectivity index (χ2v) is 6.91. The van der Waals surface area contributed by atoms with Gasteiger partial charge in [-0.15, -0.1) is 0 Å². The molecule has 0 aliphatic carbocycles. The molecule has 94 valence electrons. The molecule has 1 aromatic carbocycles. The van der Waals surface area contributed by atoms with Crippen molar-refractivity contribution in [3.63, 3.8) is 0 Å². The zero-order valence-corrected chi connectivity index (χ0v) is 11.4. The van der Waals surface area contributed by atoms with Crippen molar-refractivity contribution in [2.75, 3.05) is 12.3 Å². The Kier molecular flexibility index (Phi) is 3.98. The number of hydrogen-bond donors (Lipinski definition) is 1. The van der Waals surface area contributed by atoms with Crippen LogP contribution in [0.25, 0.3) is 0 Å². The van der Waals surface area contributed by atoms with Crippen LogP contribution in [-0.2, 0) is 9.84 Å². The van der Waals surface area contributed by atoms with Crippen molar-refractivity contribution < 1.29 is 8.42 Å². The molecule has 1 fully saturated rings. The maximum absolute atomic E-state index is 12.2. The van der Waals surface area contributed by atoms with Gasteiger partial charge in [-0.2, -0.15) is 0 Å². The van der Waals surface area contributed by atoms with Gasteiger partial charge in [-0.25, -0.2) is 8.42 Å². The molecule has 1 N–H and O–H groups in total. The zero-order valence-electron chi connectivity index (χ0n) is 9.12. The van der Waals surface area contributed by atoms with Gasteiger partial charge in [0, 0.05) is 6.04 Å². The van der Waals surface area contributed by atoms with E-state index in [1.807, 2.05) is 0 Å². The van der Waals surface area contributed by atoms with Crippen LogP contribution >= 0.6 is 23.2 Å². The minimum absolute atomic E-state index is 0.00680. The van der Waals surface area contributed by atoms with Crippen molar-refractivity contribution in [1.29, 1.82) is 0 Å². The van der Waals surface area contributed by atoms with Crippen LogP contribution in [0, 0.1) is 0 Å². The molecule has 2 rings (SSSR count). The summed E-state index contributed by atoms with van der Waals surface area (Å²) < 4.78 is 24.4. The quantitative estimate of drug-likeness (QED) is 0.931. The van der Waals surface area contributed by atoms with Crippen molar-refractivity contribution in [3.8, 4) is 0 Å². The maximum Gasteiger partial charge on any atom is 0.182 e. The lowest BCUT2D eigenvalue weighted by Gasteiger charge is -2.12. The molecule has 0 saturated carbocycles. The SMILES string of the molecule is O=S(=O)(CC1CCCN1)c1c(Cl)cccc1Cl. The highest BCUT2D eigenvalue weighted by Gasteiger charge is 2.27. The van der Waals surface area contributed by atoms with Crippen molar-refractivity contribution in [2.24, 2.45) is 0 Å². The molecule has 0 radical (unpaired) electrons. The van der Waals surface area contributed by atoms with Gasteiger partial charge in [0.25, 0.3) is 0 Å². The van der Waals surface area contributed by atoms with Crippen molar-refractivity contribution in [3.05, 3.63) is 28.2 Å². The Morgan fingerprint density at radius 1 is 1.29 bits per heavy atom. The van der Waals surface area contributed by atoms with Gasteiger partial charge in [0.1, 0.15) is 4.90 Å². The normalized spacial score (nSPS) is 20.7. The Morgan fingerprint density at radius 2 is 1.94 bits per heavy atom. The lowest BCUT2D eigenvalue weighted by Crippen LogP contribution is -2.30. The first-order valence-corrected chi connectivity index (χ1v) is 7.82. The summed E-state index contributed by atoms with van der Waals surface area (Å²) >= 11 is 11.8. The highest BCUT2D eigenvalue weighted by molar-refractivity contribution is 7.91. The van der Waals surface area contributed by atoms with Gasteiger partial charge in [0.2, 0.25) is 0 Å². The third kappa shape index (κ3) is 2.94. The van der Waals surface area contributed by atoms with E-state index in [0.717, 1.165) is 19.4 Å². The molecule has 6 heteroatoms. The van der Waals surface area contributed by atoms with Crippen molar-refractivity contribution in [1.82, 2.24) is 5.32 Å². The molecular weight excluding hydrogens is 281 g/mol. The first kappa shape index (κ1) is 13.1. The summed E-state index contributed by atoms with van der Waals surface area (Å²) in [6.45, 7) is 0.871. The van der Waals surface area contributed by atoms with Gasteiger partial charge >= 0.3 is 0 Å². The molecule has 0 spiro atoms. The number of benzene rings is 1. The standard InChI is InChI=1S/C11H13Cl2NO2S/c12-9-4-1-5-10(13)11(9)17(15,16)7-8-3-2-6-14-8/h1,4-5,8,14H,2-3,6-7H2. The second-order valence-electron chi connectivity index (χ2n) is 4.13. The van der Waals surface area contributed by atoms with E-state index in [1.54, 1.807) is 18.2 Å². The zero-order chi connectivity index (χ0) is 12.5. The molecule has 1 aromatic rings. The molecule has 3 nitrogen and oxygen atoms in total. The molecule has 17 heavy (non-hydrogen) atoms. The molecule has 1 aliphatic rings. The van der Waals surface area contributed by atoms with E-state index >= 15 is 0 Å². The van der Waals surface area contributed by atoms with E-state index in [4.69, 9.17) is 23.2 Å². The highest BCUT2D eigenvalue weighted by atomic mass is 35.5. The maximum atomic E-state index is 12.2. The third-order valence-corrected chi connectivity index (χ3v) is 5.57. The Hall–Kier alpha value is -0.290. The van der Waals surface area contributed by atoms with E-state index in [-0.39, 0.29) is 26.7 Å². The smallest absolute Gasteiger partial charge is 0.182 e. The van der Waals surface area contributed by atoms with Crippen LogP contribution in [0.5, 0.6) is 0 Å². The Morgan fingerprint density at radius 3 is 2.47 bits per heavy atom.